The standard InChI is InChI=1S/C10H24NO/c1-9(2)7-10(12-6)8-11(3,4)5/h9-10H,7-8H2,1-6H3/q+1. The van der Waals surface area contributed by atoms with E-state index in [0.717, 1.165) is 23.4 Å². The van der Waals surface area contributed by atoms with E-state index in [9.17, 15) is 0 Å². The number of hydrogen-bond donors (Lipinski definition) is 0. The molecule has 12 heavy (non-hydrogen) atoms. The van der Waals surface area contributed by atoms with Crippen LogP contribution >= 0.6 is 0 Å². The fourth-order valence-corrected chi connectivity index (χ4v) is 1.38. The van der Waals surface area contributed by atoms with Gasteiger partial charge in [-0.15, -0.1) is 0 Å². The number of quaternary nitrogens is 1. The maximum atomic E-state index is 5.42. The van der Waals surface area contributed by atoms with Crippen molar-refractivity contribution in [2.24, 2.45) is 5.92 Å². The van der Waals surface area contributed by atoms with Gasteiger partial charge in [-0.2, -0.15) is 0 Å². The van der Waals surface area contributed by atoms with Crippen molar-refractivity contribution in [2.45, 2.75) is 26.4 Å². The molecule has 0 rings (SSSR count). The number of ether oxygens (including phenoxy) is 1. The molecule has 0 aliphatic heterocycles. The highest BCUT2D eigenvalue weighted by molar-refractivity contribution is 4.58. The lowest BCUT2D eigenvalue weighted by atomic mass is 10.1. The predicted molar refractivity (Wildman–Crippen MR) is 53.2 cm³/mol. The third-order valence-corrected chi connectivity index (χ3v) is 1.82. The molecule has 0 amide bonds. The van der Waals surface area contributed by atoms with Gasteiger partial charge in [-0.3, -0.25) is 0 Å². The Hall–Kier alpha value is -0.0800. The molecule has 1 atom stereocenters. The molecule has 74 valence electrons. The van der Waals surface area contributed by atoms with Crippen molar-refractivity contribution in [2.75, 3.05) is 34.8 Å². The predicted octanol–water partition coefficient (Wildman–Crippen LogP) is 1.75. The lowest BCUT2D eigenvalue weighted by molar-refractivity contribution is -0.873. The Bertz CT molecular complexity index is 115. The van der Waals surface area contributed by atoms with E-state index in [-0.39, 0.29) is 0 Å². The fraction of sp³-hybridized carbons (Fsp3) is 1.00. The Morgan fingerprint density at radius 1 is 1.17 bits per heavy atom. The van der Waals surface area contributed by atoms with Crippen LogP contribution in [0.4, 0.5) is 0 Å². The minimum Gasteiger partial charge on any atom is -0.376 e. The molecular weight excluding hydrogens is 150 g/mol. The average molecular weight is 174 g/mol. The van der Waals surface area contributed by atoms with Gasteiger partial charge in [0.15, 0.2) is 0 Å². The van der Waals surface area contributed by atoms with Crippen LogP contribution in [0.5, 0.6) is 0 Å². The van der Waals surface area contributed by atoms with Crippen LogP contribution in [-0.2, 0) is 4.74 Å². The largest absolute Gasteiger partial charge is 0.376 e. The second-order valence-electron chi connectivity index (χ2n) is 4.96. The summed E-state index contributed by atoms with van der Waals surface area (Å²) < 4.78 is 6.40. The summed E-state index contributed by atoms with van der Waals surface area (Å²) in [5.74, 6) is 0.724. The van der Waals surface area contributed by atoms with Gasteiger partial charge in [-0.05, 0) is 12.3 Å². The molecule has 0 spiro atoms. The molecule has 0 aliphatic carbocycles. The molecule has 0 aliphatic rings. The van der Waals surface area contributed by atoms with Crippen LogP contribution < -0.4 is 0 Å². The highest BCUT2D eigenvalue weighted by atomic mass is 16.5. The van der Waals surface area contributed by atoms with E-state index in [1.807, 2.05) is 7.11 Å². The third-order valence-electron chi connectivity index (χ3n) is 1.82. The molecule has 0 heterocycles. The lowest BCUT2D eigenvalue weighted by Gasteiger charge is -2.29. The minimum atomic E-state index is 0.407. The van der Waals surface area contributed by atoms with Gasteiger partial charge in [0.05, 0.1) is 21.1 Å². The van der Waals surface area contributed by atoms with E-state index < -0.39 is 0 Å². The lowest BCUT2D eigenvalue weighted by Crippen LogP contribution is -2.42. The normalized spacial score (nSPS) is 15.2. The molecule has 0 saturated carbocycles. The maximum Gasteiger partial charge on any atom is 0.106 e. The van der Waals surface area contributed by atoms with Crippen molar-refractivity contribution in [3.8, 4) is 0 Å². The summed E-state index contributed by atoms with van der Waals surface area (Å²) in [5, 5.41) is 0. The second kappa shape index (κ2) is 4.83. The number of rotatable bonds is 5. The Morgan fingerprint density at radius 3 is 1.92 bits per heavy atom. The maximum absolute atomic E-state index is 5.42. The van der Waals surface area contributed by atoms with Gasteiger partial charge in [0.1, 0.15) is 12.6 Å². The third kappa shape index (κ3) is 6.62. The van der Waals surface area contributed by atoms with Crippen molar-refractivity contribution >= 4 is 0 Å². The summed E-state index contributed by atoms with van der Waals surface area (Å²) in [5.41, 5.74) is 0. The molecule has 0 N–H and O–H groups in total. The summed E-state index contributed by atoms with van der Waals surface area (Å²) >= 11 is 0. The van der Waals surface area contributed by atoms with Gasteiger partial charge in [0.25, 0.3) is 0 Å². The topological polar surface area (TPSA) is 9.23 Å². The summed E-state index contributed by atoms with van der Waals surface area (Å²) in [4.78, 5) is 0. The molecule has 0 bridgehead atoms. The quantitative estimate of drug-likeness (QED) is 0.577. The summed E-state index contributed by atoms with van der Waals surface area (Å²) in [6, 6.07) is 0. The Kier molecular flexibility index (Phi) is 4.80. The molecule has 1 unspecified atom stereocenters. The molecule has 0 aromatic heterocycles. The van der Waals surface area contributed by atoms with E-state index in [1.165, 1.54) is 0 Å². The molecule has 0 saturated heterocycles. The molecule has 0 fully saturated rings. The molecule has 0 aromatic carbocycles. The highest BCUT2D eigenvalue weighted by Crippen LogP contribution is 2.10. The monoisotopic (exact) mass is 174 g/mol. The zero-order valence-electron chi connectivity index (χ0n) is 9.42. The molecule has 2 nitrogen and oxygen atoms in total. The fourth-order valence-electron chi connectivity index (χ4n) is 1.38. The summed E-state index contributed by atoms with van der Waals surface area (Å²) in [7, 11) is 8.41. The van der Waals surface area contributed by atoms with Gasteiger partial charge >= 0.3 is 0 Å². The minimum absolute atomic E-state index is 0.407. The van der Waals surface area contributed by atoms with Crippen LogP contribution in [0.15, 0.2) is 0 Å². The number of likely N-dealkylation sites (N-methyl/N-ethyl adjacent to an activating group) is 1. The van der Waals surface area contributed by atoms with Gasteiger partial charge in [0.2, 0.25) is 0 Å². The van der Waals surface area contributed by atoms with E-state index in [0.29, 0.717) is 6.10 Å². The second-order valence-corrected chi connectivity index (χ2v) is 4.96. The number of methoxy groups -OCH3 is 1. The highest BCUT2D eigenvalue weighted by Gasteiger charge is 2.18. The van der Waals surface area contributed by atoms with E-state index in [1.54, 1.807) is 0 Å². The van der Waals surface area contributed by atoms with Gasteiger partial charge in [0, 0.05) is 7.11 Å². The Morgan fingerprint density at radius 2 is 1.67 bits per heavy atom. The first-order valence-corrected chi connectivity index (χ1v) is 4.68. The van der Waals surface area contributed by atoms with Gasteiger partial charge < -0.3 is 9.22 Å². The number of hydrogen-bond acceptors (Lipinski definition) is 1. The first-order chi connectivity index (χ1) is 5.35. The average Bonchev–Trinajstić information content (AvgIpc) is 1.82. The summed E-state index contributed by atoms with van der Waals surface area (Å²) in [6.45, 7) is 5.57. The van der Waals surface area contributed by atoms with Crippen molar-refractivity contribution in [3.63, 3.8) is 0 Å². The van der Waals surface area contributed by atoms with Gasteiger partial charge in [-0.1, -0.05) is 13.8 Å². The molecule has 0 aromatic rings. The van der Waals surface area contributed by atoms with E-state index in [2.05, 4.69) is 35.0 Å². The number of nitrogens with zero attached hydrogens (tertiary/aromatic N) is 1. The molecule has 0 radical (unpaired) electrons. The van der Waals surface area contributed by atoms with Crippen LogP contribution in [0.3, 0.4) is 0 Å². The molecule has 2 heteroatoms. The summed E-state index contributed by atoms with van der Waals surface area (Å²) in [6.07, 6.45) is 1.57. The van der Waals surface area contributed by atoms with Crippen LogP contribution in [0.25, 0.3) is 0 Å². The van der Waals surface area contributed by atoms with Crippen LogP contribution in [0.1, 0.15) is 20.3 Å². The SMILES string of the molecule is COC(CC(C)C)C[N+](C)(C)C. The Labute approximate surface area is 77.1 Å². The van der Waals surface area contributed by atoms with Crippen LogP contribution in [-0.4, -0.2) is 45.4 Å². The van der Waals surface area contributed by atoms with Crippen molar-refractivity contribution < 1.29 is 9.22 Å². The van der Waals surface area contributed by atoms with Crippen molar-refractivity contribution in [1.29, 1.82) is 0 Å². The van der Waals surface area contributed by atoms with Crippen molar-refractivity contribution in [3.05, 3.63) is 0 Å². The van der Waals surface area contributed by atoms with E-state index in [4.69, 9.17) is 4.74 Å². The Balaban J connectivity index is 3.83. The van der Waals surface area contributed by atoms with Crippen LogP contribution in [0.2, 0.25) is 0 Å². The van der Waals surface area contributed by atoms with Crippen molar-refractivity contribution in [1.82, 2.24) is 0 Å². The first kappa shape index (κ1) is 11.9. The smallest absolute Gasteiger partial charge is 0.106 e. The molecular formula is C10H24NO+. The zero-order chi connectivity index (χ0) is 9.78. The van der Waals surface area contributed by atoms with E-state index >= 15 is 0 Å². The van der Waals surface area contributed by atoms with Crippen LogP contribution in [0, 0.1) is 5.92 Å². The van der Waals surface area contributed by atoms with Gasteiger partial charge in [-0.25, -0.2) is 0 Å². The first-order valence-electron chi connectivity index (χ1n) is 4.68. The zero-order valence-corrected chi connectivity index (χ0v) is 9.42.